The minimum Gasteiger partial charge on any atom is -0.375 e. The van der Waals surface area contributed by atoms with Crippen LogP contribution in [-0.4, -0.2) is 5.54 Å². The Morgan fingerprint density at radius 2 is 1.71 bits per heavy atom. The van der Waals surface area contributed by atoms with Crippen LogP contribution < -0.4 is 10.6 Å². The predicted molar refractivity (Wildman–Crippen MR) is 106 cm³/mol. The molecule has 2 aromatic carbocycles. The second-order valence-corrected chi connectivity index (χ2v) is 6.96. The summed E-state index contributed by atoms with van der Waals surface area (Å²) in [5.41, 5.74) is 9.19. The van der Waals surface area contributed by atoms with Crippen LogP contribution in [0.15, 0.2) is 48.0 Å². The first-order valence-corrected chi connectivity index (χ1v) is 8.94. The third-order valence-electron chi connectivity index (χ3n) is 5.57. The molecule has 24 heavy (non-hydrogen) atoms. The number of hydrogen-bond donors (Lipinski definition) is 2. The van der Waals surface area contributed by atoms with E-state index in [0.717, 1.165) is 24.2 Å². The van der Waals surface area contributed by atoms with Gasteiger partial charge in [0.25, 0.3) is 0 Å². The first-order chi connectivity index (χ1) is 11.5. The predicted octanol–water partition coefficient (Wildman–Crippen LogP) is 6.38. The van der Waals surface area contributed by atoms with E-state index >= 15 is 0 Å². The Hall–Kier alpha value is -2.22. The van der Waals surface area contributed by atoms with Crippen LogP contribution in [0.1, 0.15) is 52.2 Å². The first kappa shape index (κ1) is 16.6. The van der Waals surface area contributed by atoms with E-state index in [0.29, 0.717) is 0 Å². The highest BCUT2D eigenvalue weighted by atomic mass is 15.0. The third kappa shape index (κ3) is 2.82. The number of benzene rings is 2. The minimum absolute atomic E-state index is 0.0510. The van der Waals surface area contributed by atoms with Gasteiger partial charge in [-0.3, -0.25) is 0 Å². The van der Waals surface area contributed by atoms with E-state index < -0.39 is 0 Å². The molecule has 0 aliphatic carbocycles. The molecule has 126 valence electrons. The van der Waals surface area contributed by atoms with Crippen LogP contribution >= 0.6 is 0 Å². The Balaban J connectivity index is 2.09. The number of nitrogens with one attached hydrogen (secondary N) is 2. The van der Waals surface area contributed by atoms with Gasteiger partial charge in [-0.2, -0.15) is 0 Å². The van der Waals surface area contributed by atoms with Crippen molar-refractivity contribution in [1.29, 1.82) is 0 Å². The molecule has 2 nitrogen and oxygen atoms in total. The Morgan fingerprint density at radius 3 is 2.33 bits per heavy atom. The molecule has 1 aliphatic rings. The second kappa shape index (κ2) is 6.35. The van der Waals surface area contributed by atoms with Crippen LogP contribution in [0, 0.1) is 0 Å². The number of para-hydroxylation sites is 1. The maximum atomic E-state index is 3.83. The number of rotatable bonds is 4. The molecule has 0 spiro atoms. The van der Waals surface area contributed by atoms with Crippen molar-refractivity contribution in [3.8, 4) is 0 Å². The van der Waals surface area contributed by atoms with Gasteiger partial charge >= 0.3 is 0 Å². The van der Waals surface area contributed by atoms with Crippen LogP contribution in [0.5, 0.6) is 0 Å². The highest BCUT2D eigenvalue weighted by Gasteiger charge is 2.32. The minimum atomic E-state index is 0.0510. The SMILES string of the molecule is CCc1cc(Nc2ccccc2)cc2c1NC(C)(CC)C(C)=C2C. The van der Waals surface area contributed by atoms with Crippen molar-refractivity contribution in [2.24, 2.45) is 0 Å². The number of allylic oxidation sites excluding steroid dienone is 1. The van der Waals surface area contributed by atoms with Gasteiger partial charge in [-0.05, 0) is 74.6 Å². The lowest BCUT2D eigenvalue weighted by atomic mass is 9.79. The quantitative estimate of drug-likeness (QED) is 0.683. The van der Waals surface area contributed by atoms with Crippen LogP contribution in [0.4, 0.5) is 17.1 Å². The molecule has 1 heterocycles. The van der Waals surface area contributed by atoms with Crippen LogP contribution in [0.3, 0.4) is 0 Å². The van der Waals surface area contributed by atoms with E-state index in [1.165, 1.54) is 28.0 Å². The average molecular weight is 320 g/mol. The molecule has 0 saturated heterocycles. The summed E-state index contributed by atoms with van der Waals surface area (Å²) in [7, 11) is 0. The van der Waals surface area contributed by atoms with E-state index in [1.54, 1.807) is 0 Å². The summed E-state index contributed by atoms with van der Waals surface area (Å²) < 4.78 is 0. The molecule has 1 atom stereocenters. The van der Waals surface area contributed by atoms with Crippen molar-refractivity contribution < 1.29 is 0 Å². The summed E-state index contributed by atoms with van der Waals surface area (Å²) in [6, 6.07) is 14.9. The van der Waals surface area contributed by atoms with Gasteiger partial charge in [0.15, 0.2) is 0 Å². The van der Waals surface area contributed by atoms with Gasteiger partial charge < -0.3 is 10.6 Å². The molecule has 0 amide bonds. The van der Waals surface area contributed by atoms with Crippen molar-refractivity contribution in [1.82, 2.24) is 0 Å². The first-order valence-electron chi connectivity index (χ1n) is 8.94. The molecule has 2 N–H and O–H groups in total. The maximum absolute atomic E-state index is 3.83. The van der Waals surface area contributed by atoms with Crippen LogP contribution in [0.2, 0.25) is 0 Å². The fourth-order valence-electron chi connectivity index (χ4n) is 3.52. The standard InChI is InChI=1S/C22H28N2/c1-6-17-13-19(23-18-11-9-8-10-12-18)14-20-15(3)16(4)22(5,7-2)24-21(17)20/h8-14,23-24H,6-7H2,1-5H3. The Kier molecular flexibility index (Phi) is 4.40. The maximum Gasteiger partial charge on any atom is 0.0558 e. The van der Waals surface area contributed by atoms with Crippen LogP contribution in [0.25, 0.3) is 5.57 Å². The van der Waals surface area contributed by atoms with E-state index in [1.807, 2.05) is 6.07 Å². The lowest BCUT2D eigenvalue weighted by Crippen LogP contribution is -2.39. The van der Waals surface area contributed by atoms with Crippen LogP contribution in [-0.2, 0) is 6.42 Å². The van der Waals surface area contributed by atoms with Gasteiger partial charge in [0.05, 0.1) is 5.54 Å². The molecule has 2 heteroatoms. The third-order valence-corrected chi connectivity index (χ3v) is 5.57. The molecule has 1 unspecified atom stereocenters. The molecule has 3 rings (SSSR count). The molecule has 0 fully saturated rings. The van der Waals surface area contributed by atoms with Gasteiger partial charge in [-0.15, -0.1) is 0 Å². The largest absolute Gasteiger partial charge is 0.375 e. The van der Waals surface area contributed by atoms with Crippen molar-refractivity contribution in [3.05, 3.63) is 59.2 Å². The fourth-order valence-corrected chi connectivity index (χ4v) is 3.52. The lowest BCUT2D eigenvalue weighted by molar-refractivity contribution is 0.571. The normalized spacial score (nSPS) is 19.7. The summed E-state index contributed by atoms with van der Waals surface area (Å²) in [5, 5.41) is 7.38. The zero-order valence-corrected chi connectivity index (χ0v) is 15.5. The van der Waals surface area contributed by atoms with Crippen molar-refractivity contribution in [2.75, 3.05) is 10.6 Å². The molecule has 0 radical (unpaired) electrons. The van der Waals surface area contributed by atoms with Gasteiger partial charge in [0, 0.05) is 22.6 Å². The van der Waals surface area contributed by atoms with Gasteiger partial charge in [-0.1, -0.05) is 32.0 Å². The zero-order chi connectivity index (χ0) is 17.3. The van der Waals surface area contributed by atoms with Gasteiger partial charge in [0.2, 0.25) is 0 Å². The Bertz CT molecular complexity index is 774. The van der Waals surface area contributed by atoms with E-state index in [-0.39, 0.29) is 5.54 Å². The molecule has 0 aromatic heterocycles. The van der Waals surface area contributed by atoms with Crippen molar-refractivity contribution >= 4 is 22.6 Å². The van der Waals surface area contributed by atoms with E-state index in [2.05, 4.69) is 81.7 Å². The summed E-state index contributed by atoms with van der Waals surface area (Å²) >= 11 is 0. The van der Waals surface area contributed by atoms with Gasteiger partial charge in [-0.25, -0.2) is 0 Å². The monoisotopic (exact) mass is 320 g/mol. The van der Waals surface area contributed by atoms with E-state index in [9.17, 15) is 0 Å². The van der Waals surface area contributed by atoms with Crippen molar-refractivity contribution in [2.45, 2.75) is 53.0 Å². The van der Waals surface area contributed by atoms with Gasteiger partial charge in [0.1, 0.15) is 0 Å². The van der Waals surface area contributed by atoms with E-state index in [4.69, 9.17) is 0 Å². The number of aryl methyl sites for hydroxylation is 1. The second-order valence-electron chi connectivity index (χ2n) is 6.96. The Morgan fingerprint density at radius 1 is 1.00 bits per heavy atom. The summed E-state index contributed by atoms with van der Waals surface area (Å²) in [6.07, 6.45) is 2.11. The molecule has 2 aromatic rings. The molecule has 0 bridgehead atoms. The molecule has 1 aliphatic heterocycles. The molecular weight excluding hydrogens is 292 g/mol. The number of fused-ring (bicyclic) bond motifs is 1. The number of anilines is 3. The fraction of sp³-hybridized carbons (Fsp3) is 0.364. The summed E-state index contributed by atoms with van der Waals surface area (Å²) in [6.45, 7) is 11.3. The smallest absolute Gasteiger partial charge is 0.0558 e. The Labute approximate surface area is 146 Å². The highest BCUT2D eigenvalue weighted by Crippen LogP contribution is 2.43. The zero-order valence-electron chi connectivity index (χ0n) is 15.5. The summed E-state index contributed by atoms with van der Waals surface area (Å²) in [5.74, 6) is 0. The number of hydrogen-bond acceptors (Lipinski definition) is 2. The topological polar surface area (TPSA) is 24.1 Å². The van der Waals surface area contributed by atoms with Crippen molar-refractivity contribution in [3.63, 3.8) is 0 Å². The molecule has 0 saturated carbocycles. The highest BCUT2D eigenvalue weighted by molar-refractivity contribution is 5.87. The molecular formula is C22H28N2. The summed E-state index contributed by atoms with van der Waals surface area (Å²) in [4.78, 5) is 0. The lowest BCUT2D eigenvalue weighted by Gasteiger charge is -2.40. The average Bonchev–Trinajstić information content (AvgIpc) is 2.61.